The Kier molecular flexibility index (Phi) is 9.01. The van der Waals surface area contributed by atoms with Crippen molar-refractivity contribution in [2.45, 2.75) is 45.4 Å². The van der Waals surface area contributed by atoms with Gasteiger partial charge in [0.15, 0.2) is 5.96 Å². The monoisotopic (exact) mass is 291 g/mol. The molecule has 0 aliphatic heterocycles. The molecule has 19 heavy (non-hydrogen) atoms. The van der Waals surface area contributed by atoms with Crippen LogP contribution >= 0.6 is 0 Å². The second-order valence-corrected chi connectivity index (χ2v) is 7.75. The van der Waals surface area contributed by atoms with Gasteiger partial charge in [-0.05, 0) is 34.6 Å². The van der Waals surface area contributed by atoms with Gasteiger partial charge in [0, 0.05) is 41.0 Å². The molecule has 2 unspecified atom stereocenters. The summed E-state index contributed by atoms with van der Waals surface area (Å²) in [6.45, 7) is 12.0. The minimum Gasteiger partial charge on any atom is -0.383 e. The zero-order chi connectivity index (χ0) is 14.9. The Morgan fingerprint density at radius 2 is 2.05 bits per heavy atom. The molecule has 0 fully saturated rings. The number of nitrogens with zero attached hydrogens (tertiary/aromatic N) is 1. The molecule has 0 aromatic heterocycles. The van der Waals surface area contributed by atoms with Crippen molar-refractivity contribution < 1.29 is 8.95 Å². The minimum absolute atomic E-state index is 0.176. The number of guanidine groups is 1. The average molecular weight is 291 g/mol. The van der Waals surface area contributed by atoms with Gasteiger partial charge >= 0.3 is 0 Å². The molecule has 0 spiro atoms. The van der Waals surface area contributed by atoms with Crippen molar-refractivity contribution in [2.75, 3.05) is 32.6 Å². The van der Waals surface area contributed by atoms with Crippen LogP contribution in [0.1, 0.15) is 34.6 Å². The maximum atomic E-state index is 11.9. The van der Waals surface area contributed by atoms with Crippen molar-refractivity contribution in [2.24, 2.45) is 4.99 Å². The van der Waals surface area contributed by atoms with Gasteiger partial charge < -0.3 is 15.4 Å². The van der Waals surface area contributed by atoms with E-state index < -0.39 is 10.8 Å². The van der Waals surface area contributed by atoms with Crippen LogP contribution in [0.25, 0.3) is 0 Å². The van der Waals surface area contributed by atoms with E-state index in [0.29, 0.717) is 18.9 Å². The van der Waals surface area contributed by atoms with Gasteiger partial charge in [-0.2, -0.15) is 0 Å². The maximum Gasteiger partial charge on any atom is 0.191 e. The summed E-state index contributed by atoms with van der Waals surface area (Å²) < 4.78 is 16.8. The lowest BCUT2D eigenvalue weighted by Crippen LogP contribution is -2.44. The van der Waals surface area contributed by atoms with Gasteiger partial charge in [-0.3, -0.25) is 9.20 Å². The van der Waals surface area contributed by atoms with E-state index in [1.165, 1.54) is 0 Å². The highest BCUT2D eigenvalue weighted by Gasteiger charge is 2.18. The fraction of sp³-hybridized carbons (Fsp3) is 0.923. The largest absolute Gasteiger partial charge is 0.383 e. The van der Waals surface area contributed by atoms with Crippen LogP contribution in [0.5, 0.6) is 0 Å². The van der Waals surface area contributed by atoms with E-state index in [4.69, 9.17) is 4.74 Å². The van der Waals surface area contributed by atoms with Gasteiger partial charge in [0.25, 0.3) is 0 Å². The smallest absolute Gasteiger partial charge is 0.191 e. The fourth-order valence-corrected chi connectivity index (χ4v) is 2.26. The summed E-state index contributed by atoms with van der Waals surface area (Å²) in [5.74, 6) is 1.33. The summed E-state index contributed by atoms with van der Waals surface area (Å²) in [5, 5.41) is 6.41. The predicted octanol–water partition coefficient (Wildman–Crippen LogP) is 1.12. The molecule has 0 aliphatic carbocycles. The molecule has 114 valence electrons. The van der Waals surface area contributed by atoms with Crippen LogP contribution in [0, 0.1) is 0 Å². The van der Waals surface area contributed by atoms with Crippen LogP contribution in [-0.2, 0) is 15.5 Å². The van der Waals surface area contributed by atoms with Gasteiger partial charge in [0.2, 0.25) is 0 Å². The topological polar surface area (TPSA) is 62.7 Å². The lowest BCUT2D eigenvalue weighted by Gasteiger charge is -2.18. The molecule has 6 heteroatoms. The molecule has 0 rings (SSSR count). The van der Waals surface area contributed by atoms with Crippen molar-refractivity contribution in [1.29, 1.82) is 0 Å². The highest BCUT2D eigenvalue weighted by Crippen LogP contribution is 2.10. The van der Waals surface area contributed by atoms with Crippen LogP contribution in [-0.4, -0.2) is 53.5 Å². The molecule has 0 amide bonds. The molecule has 5 nitrogen and oxygen atoms in total. The Bertz CT molecular complexity index is 301. The van der Waals surface area contributed by atoms with Gasteiger partial charge in [0.1, 0.15) is 0 Å². The second-order valence-electron chi connectivity index (χ2n) is 5.42. The Hall–Kier alpha value is -0.620. The molecule has 0 aromatic carbocycles. The predicted molar refractivity (Wildman–Crippen MR) is 83.2 cm³/mol. The third-order valence-corrected chi connectivity index (χ3v) is 4.29. The number of rotatable bonds is 7. The molecule has 2 N–H and O–H groups in total. The first kappa shape index (κ1) is 18.4. The summed E-state index contributed by atoms with van der Waals surface area (Å²) >= 11 is 0. The summed E-state index contributed by atoms with van der Waals surface area (Å²) in [6, 6.07) is 0.191. The zero-order valence-corrected chi connectivity index (χ0v) is 13.9. The van der Waals surface area contributed by atoms with E-state index in [1.54, 1.807) is 7.11 Å². The SMILES string of the molecule is CCNC(=NCCS(=O)C(C)(C)C)NC(C)COC. The molecule has 0 heterocycles. The zero-order valence-electron chi connectivity index (χ0n) is 13.1. The summed E-state index contributed by atoms with van der Waals surface area (Å²) in [6.07, 6.45) is 0. The molecule has 0 aromatic rings. The number of ether oxygens (including phenoxy) is 1. The third kappa shape index (κ3) is 8.99. The maximum absolute atomic E-state index is 11.9. The van der Waals surface area contributed by atoms with Crippen LogP contribution in [0.3, 0.4) is 0 Å². The first-order valence-corrected chi connectivity index (χ1v) is 8.05. The molecule has 0 aliphatic rings. The Balaban J connectivity index is 4.30. The van der Waals surface area contributed by atoms with Crippen LogP contribution in [0.4, 0.5) is 0 Å². The first-order valence-electron chi connectivity index (χ1n) is 6.73. The quantitative estimate of drug-likeness (QED) is 0.545. The van der Waals surface area contributed by atoms with E-state index in [-0.39, 0.29) is 10.8 Å². The van der Waals surface area contributed by atoms with Crippen molar-refractivity contribution in [3.05, 3.63) is 0 Å². The normalized spacial score (nSPS) is 16.0. The lowest BCUT2D eigenvalue weighted by molar-refractivity contribution is 0.179. The Morgan fingerprint density at radius 1 is 1.42 bits per heavy atom. The molecular weight excluding hydrogens is 262 g/mol. The standard InChI is InChI=1S/C13H29N3O2S/c1-7-14-12(16-11(2)10-18-6)15-8-9-19(17)13(3,4)5/h11H,7-10H2,1-6H3,(H2,14,15,16). The van der Waals surface area contributed by atoms with E-state index in [1.807, 2.05) is 34.6 Å². The van der Waals surface area contributed by atoms with E-state index >= 15 is 0 Å². The van der Waals surface area contributed by atoms with Crippen molar-refractivity contribution in [3.8, 4) is 0 Å². The number of hydrogen-bond donors (Lipinski definition) is 2. The summed E-state index contributed by atoms with van der Waals surface area (Å²) in [5.41, 5.74) is 0. The Labute approximate surface area is 120 Å². The van der Waals surface area contributed by atoms with Gasteiger partial charge in [-0.25, -0.2) is 0 Å². The van der Waals surface area contributed by atoms with Gasteiger partial charge in [-0.1, -0.05) is 0 Å². The third-order valence-electron chi connectivity index (χ3n) is 2.37. The molecule has 0 saturated heterocycles. The number of methoxy groups -OCH3 is 1. The van der Waals surface area contributed by atoms with Crippen LogP contribution < -0.4 is 10.6 Å². The van der Waals surface area contributed by atoms with E-state index in [2.05, 4.69) is 15.6 Å². The van der Waals surface area contributed by atoms with Crippen molar-refractivity contribution in [3.63, 3.8) is 0 Å². The summed E-state index contributed by atoms with van der Waals surface area (Å²) in [4.78, 5) is 4.43. The van der Waals surface area contributed by atoms with Crippen LogP contribution in [0.2, 0.25) is 0 Å². The van der Waals surface area contributed by atoms with Crippen molar-refractivity contribution in [1.82, 2.24) is 10.6 Å². The second kappa shape index (κ2) is 9.31. The average Bonchev–Trinajstić information content (AvgIpc) is 2.28. The van der Waals surface area contributed by atoms with Crippen molar-refractivity contribution >= 4 is 16.8 Å². The first-order chi connectivity index (χ1) is 8.81. The summed E-state index contributed by atoms with van der Waals surface area (Å²) in [7, 11) is 0.814. The minimum atomic E-state index is -0.861. The fourth-order valence-electron chi connectivity index (χ4n) is 1.39. The Morgan fingerprint density at radius 3 is 2.53 bits per heavy atom. The molecule has 2 atom stereocenters. The van der Waals surface area contributed by atoms with E-state index in [9.17, 15) is 4.21 Å². The number of aliphatic imine (C=N–C) groups is 1. The van der Waals surface area contributed by atoms with Gasteiger partial charge in [-0.15, -0.1) is 0 Å². The highest BCUT2D eigenvalue weighted by molar-refractivity contribution is 7.86. The molecule has 0 radical (unpaired) electrons. The van der Waals surface area contributed by atoms with Crippen LogP contribution in [0.15, 0.2) is 4.99 Å². The molecular formula is C13H29N3O2S. The molecule has 0 bridgehead atoms. The lowest BCUT2D eigenvalue weighted by atomic mass is 10.3. The van der Waals surface area contributed by atoms with E-state index in [0.717, 1.165) is 12.5 Å². The van der Waals surface area contributed by atoms with Gasteiger partial charge in [0.05, 0.1) is 13.2 Å². The highest BCUT2D eigenvalue weighted by atomic mass is 32.2. The number of nitrogens with one attached hydrogen (secondary N) is 2. The number of hydrogen-bond acceptors (Lipinski definition) is 3. The molecule has 0 saturated carbocycles.